The van der Waals surface area contributed by atoms with Crippen LogP contribution in [-0.4, -0.2) is 60.3 Å². The quantitative estimate of drug-likeness (QED) is 0.416. The number of anilines is 1. The van der Waals surface area contributed by atoms with E-state index in [4.69, 9.17) is 16.4 Å². The number of aldehydes is 2. The fourth-order valence-corrected chi connectivity index (χ4v) is 4.20. The Labute approximate surface area is 228 Å². The van der Waals surface area contributed by atoms with Gasteiger partial charge in [0, 0.05) is 18.5 Å². The zero-order chi connectivity index (χ0) is 28.1. The van der Waals surface area contributed by atoms with Crippen LogP contribution in [0.15, 0.2) is 36.4 Å². The summed E-state index contributed by atoms with van der Waals surface area (Å²) in [5.74, 6) is 0.366. The van der Waals surface area contributed by atoms with E-state index < -0.39 is 5.82 Å². The summed E-state index contributed by atoms with van der Waals surface area (Å²) in [5, 5.41) is 8.39. The molecule has 2 saturated carbocycles. The van der Waals surface area contributed by atoms with E-state index in [0.29, 0.717) is 24.8 Å². The van der Waals surface area contributed by atoms with Gasteiger partial charge in [-0.05, 0) is 75.4 Å². The number of halogens is 2. The molecular weight excluding hydrogens is 509 g/mol. The number of nitrogens with one attached hydrogen (secondary N) is 1. The highest BCUT2D eigenvalue weighted by atomic mass is 35.5. The molecule has 2 aliphatic rings. The Balaban J connectivity index is 0.000000201. The average Bonchev–Trinajstić information content (AvgIpc) is 3.67. The van der Waals surface area contributed by atoms with Crippen molar-refractivity contribution in [1.82, 2.24) is 14.7 Å². The summed E-state index contributed by atoms with van der Waals surface area (Å²) in [6, 6.07) is 12.0. The number of primary amides is 1. The number of hydrogen-bond donors (Lipinski definition) is 2. The summed E-state index contributed by atoms with van der Waals surface area (Å²) in [6.45, 7) is 2.94. The Morgan fingerprint density at radius 3 is 2.34 bits per heavy atom. The maximum atomic E-state index is 12.8. The molecule has 0 radical (unpaired) electrons. The van der Waals surface area contributed by atoms with Crippen LogP contribution in [0.1, 0.15) is 49.3 Å². The zero-order valence-electron chi connectivity index (χ0n) is 22.2. The van der Waals surface area contributed by atoms with E-state index in [1.54, 1.807) is 23.9 Å². The third-order valence-corrected chi connectivity index (χ3v) is 6.83. The van der Waals surface area contributed by atoms with Crippen LogP contribution in [0.5, 0.6) is 0 Å². The SMILES string of the molecule is CN(CC=O)C1CCC1.CNc1cccc(Cl)c1F.Cc1nn(CC=O)c2ccc(C3CC3)cc12.NC=O. The van der Waals surface area contributed by atoms with Crippen molar-refractivity contribution in [1.29, 1.82) is 0 Å². The predicted octanol–water partition coefficient (Wildman–Crippen LogP) is 4.71. The molecule has 10 heteroatoms. The molecule has 3 N–H and O–H groups in total. The molecule has 2 aliphatic carbocycles. The second-order valence-corrected chi connectivity index (χ2v) is 9.57. The molecule has 1 heterocycles. The monoisotopic (exact) mass is 545 g/mol. The van der Waals surface area contributed by atoms with E-state index in [2.05, 4.69) is 39.2 Å². The number of fused-ring (bicyclic) bond motifs is 1. The second-order valence-electron chi connectivity index (χ2n) is 9.16. The standard InChI is InChI=1S/C13H14N2O.C7H7ClFN.C7H13NO.CH3NO/c1-9-12-8-11(10-2-3-10)4-5-13(12)15(14-9)6-7-16;1-10-6-4-2-3-5(8)7(6)9;1-8(5-6-9)7-3-2-4-7;2-1-3/h4-5,7-8,10H,2-3,6H2,1H3;2-4,10H,1H3;6-7H,2-5H2,1H3;1H,(H2,2,3). The zero-order valence-corrected chi connectivity index (χ0v) is 23.0. The molecule has 0 atom stereocenters. The van der Waals surface area contributed by atoms with Gasteiger partial charge in [0.2, 0.25) is 6.41 Å². The summed E-state index contributed by atoms with van der Waals surface area (Å²) in [7, 11) is 3.66. The number of aromatic nitrogens is 2. The molecule has 1 aromatic heterocycles. The second kappa shape index (κ2) is 15.8. The molecule has 38 heavy (non-hydrogen) atoms. The number of likely N-dealkylation sites (N-methyl/N-ethyl adjacent to an activating group) is 1. The van der Waals surface area contributed by atoms with E-state index in [-0.39, 0.29) is 11.4 Å². The third-order valence-electron chi connectivity index (χ3n) is 6.54. The van der Waals surface area contributed by atoms with Crippen LogP contribution in [0.25, 0.3) is 10.9 Å². The first-order valence-electron chi connectivity index (χ1n) is 12.6. The number of rotatable bonds is 7. The molecule has 3 aromatic rings. The number of benzene rings is 2. The minimum Gasteiger partial charge on any atom is -0.386 e. The molecule has 0 aliphatic heterocycles. The van der Waals surface area contributed by atoms with Crippen LogP contribution in [-0.2, 0) is 20.9 Å². The van der Waals surface area contributed by atoms with Gasteiger partial charge < -0.3 is 20.6 Å². The van der Waals surface area contributed by atoms with Gasteiger partial charge in [-0.1, -0.05) is 30.2 Å². The Hall–Kier alpha value is -3.30. The highest BCUT2D eigenvalue weighted by Gasteiger charge is 2.24. The molecule has 0 saturated heterocycles. The summed E-state index contributed by atoms with van der Waals surface area (Å²) >= 11 is 5.48. The minimum absolute atomic E-state index is 0.145. The normalized spacial score (nSPS) is 14.1. The Morgan fingerprint density at radius 2 is 1.84 bits per heavy atom. The van der Waals surface area contributed by atoms with E-state index in [0.717, 1.165) is 29.7 Å². The fraction of sp³-hybridized carbons (Fsp3) is 0.429. The Morgan fingerprint density at radius 1 is 1.16 bits per heavy atom. The lowest BCUT2D eigenvalue weighted by atomic mass is 9.92. The van der Waals surface area contributed by atoms with Crippen molar-refractivity contribution in [2.24, 2.45) is 5.73 Å². The topological polar surface area (TPSA) is 110 Å². The highest BCUT2D eigenvalue weighted by molar-refractivity contribution is 6.31. The van der Waals surface area contributed by atoms with Crippen LogP contribution in [0.2, 0.25) is 5.02 Å². The van der Waals surface area contributed by atoms with E-state index in [1.165, 1.54) is 49.1 Å². The summed E-state index contributed by atoms with van der Waals surface area (Å²) in [4.78, 5) is 31.3. The largest absolute Gasteiger partial charge is 0.386 e. The number of hydrogen-bond acceptors (Lipinski definition) is 6. The lowest BCUT2D eigenvalue weighted by Crippen LogP contribution is -2.38. The van der Waals surface area contributed by atoms with Gasteiger partial charge in [0.15, 0.2) is 5.82 Å². The number of aryl methyl sites for hydroxylation is 1. The van der Waals surface area contributed by atoms with Crippen molar-refractivity contribution in [3.05, 3.63) is 58.5 Å². The molecule has 8 nitrogen and oxygen atoms in total. The molecule has 5 rings (SSSR count). The Kier molecular flexibility index (Phi) is 12.9. The van der Waals surface area contributed by atoms with Crippen molar-refractivity contribution in [3.63, 3.8) is 0 Å². The molecule has 2 aromatic carbocycles. The fourth-order valence-electron chi connectivity index (χ4n) is 4.03. The first-order valence-corrected chi connectivity index (χ1v) is 13.0. The smallest absolute Gasteiger partial charge is 0.204 e. The third kappa shape index (κ3) is 8.92. The van der Waals surface area contributed by atoms with Gasteiger partial charge >= 0.3 is 0 Å². The van der Waals surface area contributed by atoms with E-state index in [9.17, 15) is 14.0 Å². The maximum absolute atomic E-state index is 12.8. The summed E-state index contributed by atoms with van der Waals surface area (Å²) in [5.41, 5.74) is 8.09. The molecule has 2 fully saturated rings. The van der Waals surface area contributed by atoms with E-state index >= 15 is 0 Å². The summed E-state index contributed by atoms with van der Waals surface area (Å²) in [6.07, 6.45) is 8.64. The maximum Gasteiger partial charge on any atom is 0.204 e. The summed E-state index contributed by atoms with van der Waals surface area (Å²) < 4.78 is 14.6. The van der Waals surface area contributed by atoms with Crippen LogP contribution < -0.4 is 11.1 Å². The molecule has 1 amide bonds. The van der Waals surface area contributed by atoms with Gasteiger partial charge in [-0.2, -0.15) is 5.10 Å². The van der Waals surface area contributed by atoms with Crippen molar-refractivity contribution in [2.75, 3.05) is 26.0 Å². The number of amides is 1. The first kappa shape index (κ1) is 30.9. The Bertz CT molecular complexity index is 1190. The van der Waals surface area contributed by atoms with Crippen LogP contribution in [0, 0.1) is 12.7 Å². The van der Waals surface area contributed by atoms with Crippen molar-refractivity contribution in [3.8, 4) is 0 Å². The van der Waals surface area contributed by atoms with Crippen LogP contribution in [0.3, 0.4) is 0 Å². The van der Waals surface area contributed by atoms with Gasteiger partial charge in [-0.3, -0.25) is 14.4 Å². The number of nitrogens with two attached hydrogens (primary N) is 1. The molecule has 206 valence electrons. The molecular formula is C28H37ClFN5O3. The predicted molar refractivity (Wildman–Crippen MR) is 150 cm³/mol. The van der Waals surface area contributed by atoms with Crippen LogP contribution >= 0.6 is 11.6 Å². The van der Waals surface area contributed by atoms with E-state index in [1.807, 2.05) is 14.0 Å². The lowest BCUT2D eigenvalue weighted by Gasteiger charge is -2.33. The van der Waals surface area contributed by atoms with Gasteiger partial charge in [-0.25, -0.2) is 4.39 Å². The average molecular weight is 546 g/mol. The van der Waals surface area contributed by atoms with Crippen molar-refractivity contribution in [2.45, 2.75) is 57.5 Å². The van der Waals surface area contributed by atoms with Gasteiger partial charge in [0.1, 0.15) is 12.6 Å². The van der Waals surface area contributed by atoms with Gasteiger partial charge in [0.25, 0.3) is 0 Å². The molecule has 0 unspecified atom stereocenters. The molecule has 0 spiro atoms. The van der Waals surface area contributed by atoms with Crippen molar-refractivity contribution >= 4 is 47.2 Å². The lowest BCUT2D eigenvalue weighted by molar-refractivity contribution is -0.109. The molecule has 0 bridgehead atoms. The van der Waals surface area contributed by atoms with Crippen molar-refractivity contribution < 1.29 is 18.8 Å². The number of nitrogens with zero attached hydrogens (tertiary/aromatic N) is 3. The first-order chi connectivity index (χ1) is 18.3. The highest BCUT2D eigenvalue weighted by Crippen LogP contribution is 2.41. The van der Waals surface area contributed by atoms with Crippen LogP contribution in [0.4, 0.5) is 10.1 Å². The number of carbonyl (C=O) groups is 3. The van der Waals surface area contributed by atoms with Gasteiger partial charge in [-0.15, -0.1) is 0 Å². The van der Waals surface area contributed by atoms with Gasteiger partial charge in [0.05, 0.1) is 35.0 Å². The number of carbonyl (C=O) groups excluding carboxylic acids is 3. The minimum atomic E-state index is -0.397.